The first kappa shape index (κ1) is 13.4. The van der Waals surface area contributed by atoms with Gasteiger partial charge in [0, 0.05) is 24.0 Å². The number of carbonyl (C=O) groups excluding carboxylic acids is 1. The molecular formula is C14H19ClN2O. The molecule has 0 saturated heterocycles. The fourth-order valence-electron chi connectivity index (χ4n) is 1.89. The van der Waals surface area contributed by atoms with Crippen LogP contribution in [0.25, 0.3) is 0 Å². The normalized spacial score (nSPS) is 16.3. The van der Waals surface area contributed by atoms with Crippen LogP contribution in [0.3, 0.4) is 0 Å². The molecule has 3 nitrogen and oxygen atoms in total. The Bertz CT molecular complexity index is 418. The predicted molar refractivity (Wildman–Crippen MR) is 73.7 cm³/mol. The highest BCUT2D eigenvalue weighted by atomic mass is 35.5. The van der Waals surface area contributed by atoms with Gasteiger partial charge in [-0.3, -0.25) is 4.79 Å². The summed E-state index contributed by atoms with van der Waals surface area (Å²) in [5, 5.41) is 6.99. The first-order valence-corrected chi connectivity index (χ1v) is 6.82. The van der Waals surface area contributed by atoms with Crippen molar-refractivity contribution in [2.24, 2.45) is 0 Å². The molecule has 98 valence electrons. The molecular weight excluding hydrogens is 248 g/mol. The van der Waals surface area contributed by atoms with Gasteiger partial charge in [-0.05, 0) is 31.4 Å². The van der Waals surface area contributed by atoms with E-state index >= 15 is 0 Å². The zero-order valence-electron chi connectivity index (χ0n) is 10.6. The van der Waals surface area contributed by atoms with Crippen molar-refractivity contribution in [3.05, 3.63) is 34.9 Å². The molecule has 18 heavy (non-hydrogen) atoms. The van der Waals surface area contributed by atoms with E-state index in [9.17, 15) is 4.79 Å². The molecule has 0 radical (unpaired) electrons. The Morgan fingerprint density at radius 2 is 2.17 bits per heavy atom. The van der Waals surface area contributed by atoms with Gasteiger partial charge in [0.25, 0.3) is 0 Å². The van der Waals surface area contributed by atoms with Crippen molar-refractivity contribution in [3.8, 4) is 0 Å². The minimum atomic E-state index is -0.0490. The smallest absolute Gasteiger partial charge is 0.221 e. The molecule has 1 aliphatic carbocycles. The van der Waals surface area contributed by atoms with Gasteiger partial charge in [-0.2, -0.15) is 0 Å². The van der Waals surface area contributed by atoms with Crippen LogP contribution < -0.4 is 10.6 Å². The summed E-state index contributed by atoms with van der Waals surface area (Å²) in [6.07, 6.45) is 3.01. The van der Waals surface area contributed by atoms with Crippen LogP contribution in [0, 0.1) is 0 Å². The highest BCUT2D eigenvalue weighted by molar-refractivity contribution is 6.31. The van der Waals surface area contributed by atoms with Crippen LogP contribution in [-0.4, -0.2) is 18.5 Å². The van der Waals surface area contributed by atoms with Crippen LogP contribution in [0.2, 0.25) is 5.02 Å². The summed E-state index contributed by atoms with van der Waals surface area (Å²) in [6.45, 7) is 2.71. The lowest BCUT2D eigenvalue weighted by Crippen LogP contribution is -2.30. The van der Waals surface area contributed by atoms with E-state index in [1.165, 1.54) is 12.8 Å². The third-order valence-electron chi connectivity index (χ3n) is 3.11. The zero-order valence-corrected chi connectivity index (χ0v) is 11.3. The molecule has 0 bridgehead atoms. The zero-order chi connectivity index (χ0) is 13.0. The van der Waals surface area contributed by atoms with Gasteiger partial charge < -0.3 is 10.6 Å². The van der Waals surface area contributed by atoms with Gasteiger partial charge in [-0.25, -0.2) is 0 Å². The molecule has 2 N–H and O–H groups in total. The lowest BCUT2D eigenvalue weighted by Gasteiger charge is -2.15. The van der Waals surface area contributed by atoms with E-state index in [1.54, 1.807) is 0 Å². The lowest BCUT2D eigenvalue weighted by molar-refractivity contribution is -0.121. The maximum atomic E-state index is 11.7. The summed E-state index contributed by atoms with van der Waals surface area (Å²) < 4.78 is 0. The average molecular weight is 267 g/mol. The van der Waals surface area contributed by atoms with E-state index in [0.29, 0.717) is 17.5 Å². The number of hydrogen-bond donors (Lipinski definition) is 2. The molecule has 1 aromatic rings. The van der Waals surface area contributed by atoms with Crippen molar-refractivity contribution in [3.63, 3.8) is 0 Å². The third kappa shape index (κ3) is 4.00. The number of nitrogens with one attached hydrogen (secondary N) is 2. The molecule has 0 spiro atoms. The van der Waals surface area contributed by atoms with Crippen molar-refractivity contribution in [2.45, 2.75) is 38.3 Å². The number of amides is 1. The van der Waals surface area contributed by atoms with Crippen LogP contribution >= 0.6 is 11.6 Å². The summed E-state index contributed by atoms with van der Waals surface area (Å²) in [5.74, 6) is 0.0653. The second kappa shape index (κ2) is 6.21. The molecule has 1 amide bonds. The van der Waals surface area contributed by atoms with E-state index in [1.807, 2.05) is 31.2 Å². The minimum Gasteiger partial charge on any atom is -0.349 e. The molecule has 1 aromatic carbocycles. The van der Waals surface area contributed by atoms with Crippen molar-refractivity contribution < 1.29 is 4.79 Å². The van der Waals surface area contributed by atoms with Gasteiger partial charge in [0.15, 0.2) is 0 Å². The van der Waals surface area contributed by atoms with Crippen LogP contribution in [-0.2, 0) is 4.79 Å². The SMILES string of the molecule is C[C@@H](NC(=O)CCNC1CC1)c1ccccc1Cl. The number of halogens is 1. The summed E-state index contributed by atoms with van der Waals surface area (Å²) in [4.78, 5) is 11.7. The van der Waals surface area contributed by atoms with Gasteiger partial charge in [0.05, 0.1) is 6.04 Å². The van der Waals surface area contributed by atoms with Gasteiger partial charge in [0.1, 0.15) is 0 Å². The largest absolute Gasteiger partial charge is 0.349 e. The Balaban J connectivity index is 1.77. The number of rotatable bonds is 6. The molecule has 1 fully saturated rings. The number of benzene rings is 1. The van der Waals surface area contributed by atoms with E-state index in [4.69, 9.17) is 11.6 Å². The van der Waals surface area contributed by atoms with E-state index < -0.39 is 0 Å². The first-order chi connectivity index (χ1) is 8.66. The molecule has 4 heteroatoms. The Kier molecular flexibility index (Phi) is 4.61. The van der Waals surface area contributed by atoms with Gasteiger partial charge in [0.2, 0.25) is 5.91 Å². The maximum absolute atomic E-state index is 11.7. The second-order valence-corrected chi connectivity index (χ2v) is 5.20. The Morgan fingerprint density at radius 1 is 1.44 bits per heavy atom. The van der Waals surface area contributed by atoms with Crippen molar-refractivity contribution in [1.29, 1.82) is 0 Å². The molecule has 1 aliphatic rings. The predicted octanol–water partition coefficient (Wildman–Crippen LogP) is 2.66. The lowest BCUT2D eigenvalue weighted by atomic mass is 10.1. The maximum Gasteiger partial charge on any atom is 0.221 e. The molecule has 0 aromatic heterocycles. The first-order valence-electron chi connectivity index (χ1n) is 6.44. The number of carbonyl (C=O) groups is 1. The highest BCUT2D eigenvalue weighted by Gasteiger charge is 2.20. The van der Waals surface area contributed by atoms with Crippen molar-refractivity contribution in [1.82, 2.24) is 10.6 Å². The average Bonchev–Trinajstić information content (AvgIpc) is 3.13. The highest BCUT2D eigenvalue weighted by Crippen LogP contribution is 2.22. The summed E-state index contributed by atoms with van der Waals surface area (Å²) >= 11 is 6.09. The third-order valence-corrected chi connectivity index (χ3v) is 3.46. The second-order valence-electron chi connectivity index (χ2n) is 4.79. The van der Waals surface area contributed by atoms with Crippen molar-refractivity contribution >= 4 is 17.5 Å². The summed E-state index contributed by atoms with van der Waals surface area (Å²) in [5.41, 5.74) is 0.961. The topological polar surface area (TPSA) is 41.1 Å². The molecule has 0 unspecified atom stereocenters. The van der Waals surface area contributed by atoms with Crippen LogP contribution in [0.5, 0.6) is 0 Å². The summed E-state index contributed by atoms with van der Waals surface area (Å²) in [6, 6.07) is 8.20. The van der Waals surface area contributed by atoms with Gasteiger partial charge in [-0.15, -0.1) is 0 Å². The van der Waals surface area contributed by atoms with Gasteiger partial charge in [-0.1, -0.05) is 29.8 Å². The minimum absolute atomic E-state index is 0.0490. The molecule has 2 rings (SSSR count). The molecule has 1 saturated carbocycles. The Morgan fingerprint density at radius 3 is 2.83 bits per heavy atom. The number of hydrogen-bond acceptors (Lipinski definition) is 2. The van der Waals surface area contributed by atoms with Gasteiger partial charge >= 0.3 is 0 Å². The monoisotopic (exact) mass is 266 g/mol. The van der Waals surface area contributed by atoms with Crippen LogP contribution in [0.1, 0.15) is 37.8 Å². The Hall–Kier alpha value is -1.06. The fraction of sp³-hybridized carbons (Fsp3) is 0.500. The van der Waals surface area contributed by atoms with E-state index in [2.05, 4.69) is 10.6 Å². The standard InChI is InChI=1S/C14H19ClN2O/c1-10(12-4-2-3-5-13(12)15)17-14(18)8-9-16-11-6-7-11/h2-5,10-11,16H,6-9H2,1H3,(H,17,18)/t10-/m1/s1. The quantitative estimate of drug-likeness (QED) is 0.831. The molecule has 0 aliphatic heterocycles. The van der Waals surface area contributed by atoms with Crippen molar-refractivity contribution in [2.75, 3.05) is 6.54 Å². The van der Waals surface area contributed by atoms with Crippen LogP contribution in [0.4, 0.5) is 0 Å². The van der Waals surface area contributed by atoms with Crippen LogP contribution in [0.15, 0.2) is 24.3 Å². The molecule has 1 atom stereocenters. The Labute approximate surface area is 113 Å². The molecule has 0 heterocycles. The van der Waals surface area contributed by atoms with E-state index in [0.717, 1.165) is 12.1 Å². The summed E-state index contributed by atoms with van der Waals surface area (Å²) in [7, 11) is 0. The van der Waals surface area contributed by atoms with E-state index in [-0.39, 0.29) is 11.9 Å². The fourth-order valence-corrected chi connectivity index (χ4v) is 2.19.